The molecule has 1 rings (SSSR count). The van der Waals surface area contributed by atoms with Gasteiger partial charge in [-0.05, 0) is 30.0 Å². The van der Waals surface area contributed by atoms with Gasteiger partial charge in [0.2, 0.25) is 0 Å². The van der Waals surface area contributed by atoms with Crippen LogP contribution in [0.15, 0.2) is 24.3 Å². The van der Waals surface area contributed by atoms with Crippen LogP contribution in [0.1, 0.15) is 31.7 Å². The van der Waals surface area contributed by atoms with E-state index in [1.165, 1.54) is 0 Å². The molecule has 132 valence electrons. The van der Waals surface area contributed by atoms with E-state index in [2.05, 4.69) is 18.6 Å². The molecule has 23 heavy (non-hydrogen) atoms. The van der Waals surface area contributed by atoms with Crippen molar-refractivity contribution in [3.8, 4) is 5.75 Å². The predicted octanol–water partition coefficient (Wildman–Crippen LogP) is 3.86. The molecular formula is C16H22F4O3. The highest BCUT2D eigenvalue weighted by Gasteiger charge is 2.41. The molecule has 0 bridgehead atoms. The molecule has 1 aromatic rings. The molecule has 0 aliphatic heterocycles. The first kappa shape index (κ1) is 19.7. The van der Waals surface area contributed by atoms with Crippen molar-refractivity contribution in [2.45, 2.75) is 44.6 Å². The Labute approximate surface area is 133 Å². The zero-order chi connectivity index (χ0) is 17.5. The van der Waals surface area contributed by atoms with Crippen LogP contribution in [0, 0.1) is 0 Å². The highest BCUT2D eigenvalue weighted by Crippen LogP contribution is 2.23. The van der Waals surface area contributed by atoms with Crippen molar-refractivity contribution in [2.24, 2.45) is 0 Å². The van der Waals surface area contributed by atoms with Gasteiger partial charge in [0.05, 0.1) is 6.61 Å². The number of aliphatic hydroxyl groups is 1. The molecule has 0 heterocycles. The average Bonchev–Trinajstić information content (AvgIpc) is 2.52. The third-order valence-electron chi connectivity index (χ3n) is 3.43. The van der Waals surface area contributed by atoms with Crippen LogP contribution in [0.3, 0.4) is 0 Å². The summed E-state index contributed by atoms with van der Waals surface area (Å²) in [5.41, 5.74) is 1.16. The summed E-state index contributed by atoms with van der Waals surface area (Å²) < 4.78 is 58.7. The smallest absolute Gasteiger partial charge is 0.330 e. The highest BCUT2D eigenvalue weighted by atomic mass is 19.3. The highest BCUT2D eigenvalue weighted by molar-refractivity contribution is 5.29. The van der Waals surface area contributed by atoms with E-state index in [4.69, 9.17) is 4.74 Å². The summed E-state index contributed by atoms with van der Waals surface area (Å²) in [7, 11) is 0. The number of alkyl halides is 4. The number of ether oxygens (including phenoxy) is 2. The summed E-state index contributed by atoms with van der Waals surface area (Å²) in [4.78, 5) is 0. The third kappa shape index (κ3) is 6.74. The SMILES string of the molecule is CC[C@@H](C)c1ccc(OC[C@H](O)COCC(F)(F)C(F)F)cc1. The lowest BCUT2D eigenvalue weighted by Gasteiger charge is -2.17. The van der Waals surface area contributed by atoms with Crippen LogP contribution < -0.4 is 4.74 Å². The van der Waals surface area contributed by atoms with Gasteiger partial charge in [-0.25, -0.2) is 8.78 Å². The number of hydrogen-bond acceptors (Lipinski definition) is 3. The number of hydrogen-bond donors (Lipinski definition) is 1. The molecule has 0 aliphatic rings. The molecule has 0 aromatic heterocycles. The van der Waals surface area contributed by atoms with Crippen molar-refractivity contribution in [1.29, 1.82) is 0 Å². The van der Waals surface area contributed by atoms with Gasteiger partial charge in [-0.3, -0.25) is 0 Å². The van der Waals surface area contributed by atoms with Crippen molar-refractivity contribution >= 4 is 0 Å². The Morgan fingerprint density at radius 2 is 1.74 bits per heavy atom. The van der Waals surface area contributed by atoms with E-state index in [0.29, 0.717) is 11.7 Å². The van der Waals surface area contributed by atoms with Crippen molar-refractivity contribution in [3.63, 3.8) is 0 Å². The van der Waals surface area contributed by atoms with E-state index in [0.717, 1.165) is 12.0 Å². The quantitative estimate of drug-likeness (QED) is 0.659. The molecule has 0 saturated carbocycles. The molecule has 0 spiro atoms. The van der Waals surface area contributed by atoms with E-state index in [-0.39, 0.29) is 6.61 Å². The molecule has 0 radical (unpaired) electrons. The largest absolute Gasteiger partial charge is 0.491 e. The maximum absolute atomic E-state index is 12.6. The van der Waals surface area contributed by atoms with Gasteiger partial charge in [-0.15, -0.1) is 0 Å². The summed E-state index contributed by atoms with van der Waals surface area (Å²) >= 11 is 0. The Morgan fingerprint density at radius 1 is 1.13 bits per heavy atom. The molecule has 1 aromatic carbocycles. The minimum absolute atomic E-state index is 0.178. The molecular weight excluding hydrogens is 316 g/mol. The maximum atomic E-state index is 12.6. The van der Waals surface area contributed by atoms with Gasteiger partial charge in [-0.1, -0.05) is 26.0 Å². The number of benzene rings is 1. The fraction of sp³-hybridized carbons (Fsp3) is 0.625. The van der Waals surface area contributed by atoms with Gasteiger partial charge < -0.3 is 14.6 Å². The number of rotatable bonds is 10. The molecule has 1 N–H and O–H groups in total. The zero-order valence-corrected chi connectivity index (χ0v) is 13.1. The Morgan fingerprint density at radius 3 is 2.26 bits per heavy atom. The van der Waals surface area contributed by atoms with Crippen molar-refractivity contribution in [1.82, 2.24) is 0 Å². The van der Waals surface area contributed by atoms with Gasteiger partial charge in [-0.2, -0.15) is 8.78 Å². The Kier molecular flexibility index (Phi) is 7.78. The number of aliphatic hydroxyl groups excluding tert-OH is 1. The molecule has 2 atom stereocenters. The molecule has 0 aliphatic carbocycles. The van der Waals surface area contributed by atoms with Gasteiger partial charge in [0.1, 0.15) is 25.1 Å². The van der Waals surface area contributed by atoms with Gasteiger partial charge in [0.15, 0.2) is 0 Å². The molecule has 0 amide bonds. The van der Waals surface area contributed by atoms with Gasteiger partial charge in [0, 0.05) is 0 Å². The monoisotopic (exact) mass is 338 g/mol. The lowest BCUT2D eigenvalue weighted by atomic mass is 9.99. The maximum Gasteiger partial charge on any atom is 0.330 e. The summed E-state index contributed by atoms with van der Waals surface area (Å²) in [6.45, 7) is 2.07. The average molecular weight is 338 g/mol. The van der Waals surface area contributed by atoms with Crippen LogP contribution in [0.4, 0.5) is 17.6 Å². The first-order chi connectivity index (χ1) is 10.8. The van der Waals surface area contributed by atoms with Crippen LogP contribution in [-0.2, 0) is 4.74 Å². The van der Waals surface area contributed by atoms with E-state index in [9.17, 15) is 22.7 Å². The molecule has 7 heteroatoms. The van der Waals surface area contributed by atoms with E-state index in [1.54, 1.807) is 12.1 Å². The second kappa shape index (κ2) is 9.08. The number of halogens is 4. The molecule has 0 unspecified atom stereocenters. The van der Waals surface area contributed by atoms with Crippen LogP contribution in [-0.4, -0.2) is 43.4 Å². The summed E-state index contributed by atoms with van der Waals surface area (Å²) in [5.74, 6) is -3.26. The Hall–Kier alpha value is -1.34. The summed E-state index contributed by atoms with van der Waals surface area (Å²) in [6, 6.07) is 7.32. The Balaban J connectivity index is 2.32. The topological polar surface area (TPSA) is 38.7 Å². The van der Waals surface area contributed by atoms with Gasteiger partial charge >= 0.3 is 12.3 Å². The lowest BCUT2D eigenvalue weighted by molar-refractivity contribution is -0.171. The summed E-state index contributed by atoms with van der Waals surface area (Å²) in [5, 5.41) is 9.54. The molecule has 0 fully saturated rings. The van der Waals surface area contributed by atoms with E-state index in [1.807, 2.05) is 12.1 Å². The van der Waals surface area contributed by atoms with Crippen molar-refractivity contribution in [2.75, 3.05) is 19.8 Å². The lowest BCUT2D eigenvalue weighted by Crippen LogP contribution is -2.34. The minimum atomic E-state index is -4.22. The fourth-order valence-electron chi connectivity index (χ4n) is 1.76. The third-order valence-corrected chi connectivity index (χ3v) is 3.43. The summed E-state index contributed by atoms with van der Waals surface area (Å²) in [6.07, 6.45) is -3.96. The molecule has 0 saturated heterocycles. The second-order valence-corrected chi connectivity index (χ2v) is 5.42. The van der Waals surface area contributed by atoms with Crippen LogP contribution >= 0.6 is 0 Å². The first-order valence-corrected chi connectivity index (χ1v) is 7.40. The molecule has 3 nitrogen and oxygen atoms in total. The first-order valence-electron chi connectivity index (χ1n) is 7.40. The Bertz CT molecular complexity index is 451. The van der Waals surface area contributed by atoms with E-state index >= 15 is 0 Å². The minimum Gasteiger partial charge on any atom is -0.491 e. The normalized spacial score (nSPS) is 14.8. The van der Waals surface area contributed by atoms with Crippen LogP contribution in [0.5, 0.6) is 5.75 Å². The van der Waals surface area contributed by atoms with E-state index < -0.39 is 31.7 Å². The van der Waals surface area contributed by atoms with Crippen LogP contribution in [0.25, 0.3) is 0 Å². The predicted molar refractivity (Wildman–Crippen MR) is 78.4 cm³/mol. The fourth-order valence-corrected chi connectivity index (χ4v) is 1.76. The zero-order valence-electron chi connectivity index (χ0n) is 13.1. The van der Waals surface area contributed by atoms with Crippen LogP contribution in [0.2, 0.25) is 0 Å². The van der Waals surface area contributed by atoms with Crippen molar-refractivity contribution in [3.05, 3.63) is 29.8 Å². The second-order valence-electron chi connectivity index (χ2n) is 5.42. The standard InChI is InChI=1S/C16H22F4O3/c1-3-11(2)12-4-6-14(7-5-12)23-9-13(21)8-22-10-16(19,20)15(17)18/h4-7,11,13,15,21H,3,8-10H2,1-2H3/t11-,13-/m1/s1. The van der Waals surface area contributed by atoms with Crippen molar-refractivity contribution < 1.29 is 32.1 Å². The van der Waals surface area contributed by atoms with Gasteiger partial charge in [0.25, 0.3) is 0 Å².